The predicted octanol–water partition coefficient (Wildman–Crippen LogP) is 5.27. The molecule has 1 N–H and O–H groups in total. The number of hydrogen-bond donors (Lipinski definition) is 1. The van der Waals surface area contributed by atoms with E-state index in [0.29, 0.717) is 19.0 Å². The van der Waals surface area contributed by atoms with Crippen LogP contribution in [0.1, 0.15) is 37.1 Å². The molecule has 0 aliphatic rings. The first-order valence-electron chi connectivity index (χ1n) is 11.4. The molecule has 172 valence electrons. The van der Waals surface area contributed by atoms with E-state index in [0.717, 1.165) is 36.4 Å². The molecular weight excluding hydrogens is 403 g/mol. The van der Waals surface area contributed by atoms with Crippen LogP contribution in [-0.2, 0) is 13.1 Å². The number of aliphatic hydroxyl groups is 1. The van der Waals surface area contributed by atoms with Crippen molar-refractivity contribution in [2.45, 2.75) is 46.4 Å². The topological polar surface area (TPSA) is 37.6 Å². The fraction of sp³-hybridized carbons (Fsp3) is 0.407. The first-order valence-corrected chi connectivity index (χ1v) is 11.4. The molecule has 3 aromatic rings. The van der Waals surface area contributed by atoms with Crippen molar-refractivity contribution in [1.82, 2.24) is 9.47 Å². The third-order valence-corrected chi connectivity index (χ3v) is 5.59. The Morgan fingerprint density at radius 1 is 1.03 bits per heavy atom. The number of hydrogen-bond acceptors (Lipinski definition) is 3. The van der Waals surface area contributed by atoms with Crippen molar-refractivity contribution in [2.24, 2.45) is 5.92 Å². The van der Waals surface area contributed by atoms with Gasteiger partial charge in [-0.25, -0.2) is 4.39 Å². The summed E-state index contributed by atoms with van der Waals surface area (Å²) in [6.45, 7) is 9.58. The molecule has 0 spiro atoms. The number of halogens is 1. The van der Waals surface area contributed by atoms with Gasteiger partial charge in [-0.05, 0) is 67.3 Å². The average molecular weight is 439 g/mol. The SMILES string of the molecule is Cc1ccccc1OCC(O)CN(CCC(C)C)Cc1cccn1Cc1ccc(F)cc1. The maximum absolute atomic E-state index is 13.2. The average Bonchev–Trinajstić information content (AvgIpc) is 3.19. The van der Waals surface area contributed by atoms with E-state index in [1.807, 2.05) is 49.4 Å². The third kappa shape index (κ3) is 7.50. The lowest BCUT2D eigenvalue weighted by Gasteiger charge is -2.26. The van der Waals surface area contributed by atoms with Gasteiger partial charge in [-0.3, -0.25) is 4.90 Å². The quantitative estimate of drug-likeness (QED) is 0.418. The maximum atomic E-state index is 13.2. The molecule has 0 saturated heterocycles. The van der Waals surface area contributed by atoms with E-state index in [4.69, 9.17) is 4.74 Å². The van der Waals surface area contributed by atoms with Gasteiger partial charge in [0.1, 0.15) is 24.3 Å². The lowest BCUT2D eigenvalue weighted by atomic mass is 10.1. The molecule has 0 amide bonds. The molecule has 4 nitrogen and oxygen atoms in total. The number of aryl methyl sites for hydroxylation is 1. The summed E-state index contributed by atoms with van der Waals surface area (Å²) in [7, 11) is 0. The first kappa shape index (κ1) is 24.0. The zero-order valence-corrected chi connectivity index (χ0v) is 19.4. The number of aliphatic hydroxyl groups excluding tert-OH is 1. The highest BCUT2D eigenvalue weighted by Gasteiger charge is 2.16. The van der Waals surface area contributed by atoms with E-state index in [1.54, 1.807) is 0 Å². The molecule has 0 aliphatic carbocycles. The summed E-state index contributed by atoms with van der Waals surface area (Å²) >= 11 is 0. The van der Waals surface area contributed by atoms with Gasteiger partial charge in [0.15, 0.2) is 0 Å². The second kappa shape index (κ2) is 11.8. The number of benzene rings is 2. The second-order valence-electron chi connectivity index (χ2n) is 8.90. The molecule has 3 rings (SSSR count). The van der Waals surface area contributed by atoms with E-state index in [2.05, 4.69) is 35.6 Å². The Morgan fingerprint density at radius 3 is 2.50 bits per heavy atom. The van der Waals surface area contributed by atoms with E-state index in [9.17, 15) is 9.50 Å². The highest BCUT2D eigenvalue weighted by atomic mass is 19.1. The van der Waals surface area contributed by atoms with Crippen molar-refractivity contribution in [3.8, 4) is 5.75 Å². The fourth-order valence-corrected chi connectivity index (χ4v) is 3.69. The molecule has 5 heteroatoms. The van der Waals surface area contributed by atoms with Gasteiger partial charge in [0.25, 0.3) is 0 Å². The van der Waals surface area contributed by atoms with Gasteiger partial charge in [0.2, 0.25) is 0 Å². The molecule has 0 saturated carbocycles. The van der Waals surface area contributed by atoms with Crippen molar-refractivity contribution in [1.29, 1.82) is 0 Å². The van der Waals surface area contributed by atoms with Crippen LogP contribution in [0.25, 0.3) is 0 Å². The molecule has 32 heavy (non-hydrogen) atoms. The minimum Gasteiger partial charge on any atom is -0.491 e. The number of rotatable bonds is 12. The summed E-state index contributed by atoms with van der Waals surface area (Å²) in [4.78, 5) is 2.29. The molecule has 0 fully saturated rings. The Morgan fingerprint density at radius 2 is 1.78 bits per heavy atom. The Bertz CT molecular complexity index is 952. The molecule has 1 atom stereocenters. The number of nitrogens with zero attached hydrogens (tertiary/aromatic N) is 2. The van der Waals surface area contributed by atoms with Crippen LogP contribution in [0.15, 0.2) is 66.9 Å². The summed E-state index contributed by atoms with van der Waals surface area (Å²) in [5.74, 6) is 1.18. The van der Waals surface area contributed by atoms with Crippen LogP contribution in [0.2, 0.25) is 0 Å². The minimum atomic E-state index is -0.581. The standard InChI is InChI=1S/C27H35FN2O2/c1-21(2)14-16-29(19-26(31)20-32-27-9-5-4-7-22(27)3)18-25-8-6-15-30(25)17-23-10-12-24(28)13-11-23/h4-13,15,21,26,31H,14,16-20H2,1-3H3. The van der Waals surface area contributed by atoms with Crippen molar-refractivity contribution in [2.75, 3.05) is 19.7 Å². The number of aromatic nitrogens is 1. The lowest BCUT2D eigenvalue weighted by molar-refractivity contribution is 0.0629. The van der Waals surface area contributed by atoms with Crippen molar-refractivity contribution in [3.63, 3.8) is 0 Å². The van der Waals surface area contributed by atoms with Gasteiger partial charge in [-0.2, -0.15) is 0 Å². The Labute approximate surface area is 191 Å². The van der Waals surface area contributed by atoms with Crippen LogP contribution in [0.4, 0.5) is 4.39 Å². The van der Waals surface area contributed by atoms with Gasteiger partial charge in [-0.1, -0.05) is 44.2 Å². The summed E-state index contributed by atoms with van der Waals surface area (Å²) < 4.78 is 21.3. The van der Waals surface area contributed by atoms with Crippen LogP contribution in [0.5, 0.6) is 5.75 Å². The third-order valence-electron chi connectivity index (χ3n) is 5.59. The molecule has 0 bridgehead atoms. The fourth-order valence-electron chi connectivity index (χ4n) is 3.69. The van der Waals surface area contributed by atoms with Gasteiger partial charge in [0, 0.05) is 31.5 Å². The van der Waals surface area contributed by atoms with Gasteiger partial charge in [0.05, 0.1) is 0 Å². The van der Waals surface area contributed by atoms with Crippen molar-refractivity contribution < 1.29 is 14.2 Å². The van der Waals surface area contributed by atoms with Crippen LogP contribution < -0.4 is 4.74 Å². The normalized spacial score (nSPS) is 12.5. The minimum absolute atomic E-state index is 0.219. The van der Waals surface area contributed by atoms with Gasteiger partial charge < -0.3 is 14.4 Å². The highest BCUT2D eigenvalue weighted by Crippen LogP contribution is 2.17. The van der Waals surface area contributed by atoms with Crippen LogP contribution >= 0.6 is 0 Å². The van der Waals surface area contributed by atoms with E-state index < -0.39 is 6.10 Å². The summed E-state index contributed by atoms with van der Waals surface area (Å²) in [5, 5.41) is 10.7. The van der Waals surface area contributed by atoms with E-state index in [-0.39, 0.29) is 12.4 Å². The molecule has 0 aliphatic heterocycles. The molecule has 1 heterocycles. The van der Waals surface area contributed by atoms with Gasteiger partial charge >= 0.3 is 0 Å². The van der Waals surface area contributed by atoms with Crippen molar-refractivity contribution in [3.05, 3.63) is 89.5 Å². The summed E-state index contributed by atoms with van der Waals surface area (Å²) in [6, 6.07) is 18.7. The second-order valence-corrected chi connectivity index (χ2v) is 8.90. The highest BCUT2D eigenvalue weighted by molar-refractivity contribution is 5.31. The van der Waals surface area contributed by atoms with E-state index >= 15 is 0 Å². The smallest absolute Gasteiger partial charge is 0.123 e. The zero-order chi connectivity index (χ0) is 22.9. The van der Waals surface area contributed by atoms with E-state index in [1.165, 1.54) is 17.8 Å². The first-order chi connectivity index (χ1) is 15.4. The lowest BCUT2D eigenvalue weighted by Crippen LogP contribution is -2.36. The van der Waals surface area contributed by atoms with Crippen LogP contribution in [0, 0.1) is 18.7 Å². The van der Waals surface area contributed by atoms with Crippen LogP contribution in [0.3, 0.4) is 0 Å². The number of ether oxygens (including phenoxy) is 1. The van der Waals surface area contributed by atoms with Crippen molar-refractivity contribution >= 4 is 0 Å². The summed E-state index contributed by atoms with van der Waals surface area (Å²) in [6.07, 6.45) is 2.53. The molecule has 1 aromatic heterocycles. The van der Waals surface area contributed by atoms with Crippen LogP contribution in [-0.4, -0.2) is 40.4 Å². The molecule has 0 radical (unpaired) electrons. The Kier molecular flexibility index (Phi) is 8.89. The summed E-state index contributed by atoms with van der Waals surface area (Å²) in [5.41, 5.74) is 3.30. The number of para-hydroxylation sites is 1. The molecule has 1 unspecified atom stereocenters. The Hall–Kier alpha value is -2.63. The zero-order valence-electron chi connectivity index (χ0n) is 19.4. The largest absolute Gasteiger partial charge is 0.491 e. The maximum Gasteiger partial charge on any atom is 0.123 e. The monoisotopic (exact) mass is 438 g/mol. The Balaban J connectivity index is 1.62. The predicted molar refractivity (Wildman–Crippen MR) is 127 cm³/mol. The molecular formula is C27H35FN2O2. The van der Waals surface area contributed by atoms with Gasteiger partial charge in [-0.15, -0.1) is 0 Å². The molecule has 2 aromatic carbocycles.